The maximum Gasteiger partial charge on any atom is 0.387 e. The summed E-state index contributed by atoms with van der Waals surface area (Å²) in [5, 5.41) is 17.2. The number of carbonyl (C=O) groups is 1. The third-order valence-corrected chi connectivity index (χ3v) is 2.28. The molecule has 0 unspecified atom stereocenters. The number of nitrogens with zero attached hydrogens (tertiary/aromatic N) is 1. The van der Waals surface area contributed by atoms with Crippen LogP contribution >= 0.6 is 0 Å². The zero-order chi connectivity index (χ0) is 13.5. The average Bonchev–Trinajstić information content (AvgIpc) is 2.28. The number of carboxylic acids is 1. The fraction of sp³-hybridized carbons (Fsp3) is 0.333. The standard InChI is InChI=1S/C12H11F2NO3/c13-12(14)18-10-3-1-8(5-6-15)9(7-10)2-4-11(16)17/h1,3,7,12H,2,4-5H2,(H,16,17). The number of aliphatic carboxylic acids is 1. The normalized spacial score (nSPS) is 10.1. The van der Waals surface area contributed by atoms with Crippen molar-refractivity contribution < 1.29 is 23.4 Å². The lowest BCUT2D eigenvalue weighted by Gasteiger charge is -2.10. The van der Waals surface area contributed by atoms with E-state index < -0.39 is 12.6 Å². The zero-order valence-electron chi connectivity index (χ0n) is 9.40. The molecule has 18 heavy (non-hydrogen) atoms. The minimum absolute atomic E-state index is 0.0351. The summed E-state index contributed by atoms with van der Waals surface area (Å²) >= 11 is 0. The SMILES string of the molecule is N#CCc1ccc(OC(F)F)cc1CCC(=O)O. The highest BCUT2D eigenvalue weighted by molar-refractivity contribution is 5.67. The molecule has 0 saturated carbocycles. The van der Waals surface area contributed by atoms with E-state index in [0.717, 1.165) is 0 Å². The molecule has 0 bridgehead atoms. The smallest absolute Gasteiger partial charge is 0.387 e. The minimum Gasteiger partial charge on any atom is -0.481 e. The van der Waals surface area contributed by atoms with Gasteiger partial charge in [-0.1, -0.05) is 6.07 Å². The Labute approximate surface area is 102 Å². The molecule has 0 fully saturated rings. The number of rotatable bonds is 6. The van der Waals surface area contributed by atoms with Gasteiger partial charge in [0, 0.05) is 6.42 Å². The highest BCUT2D eigenvalue weighted by atomic mass is 19.3. The lowest BCUT2D eigenvalue weighted by Crippen LogP contribution is -2.04. The van der Waals surface area contributed by atoms with Gasteiger partial charge in [0.05, 0.1) is 12.5 Å². The van der Waals surface area contributed by atoms with Crippen LogP contribution in [0.2, 0.25) is 0 Å². The topological polar surface area (TPSA) is 70.3 Å². The first-order chi connectivity index (χ1) is 8.52. The van der Waals surface area contributed by atoms with E-state index in [9.17, 15) is 13.6 Å². The average molecular weight is 255 g/mol. The second-order valence-corrected chi connectivity index (χ2v) is 3.54. The van der Waals surface area contributed by atoms with Crippen LogP contribution in [0.3, 0.4) is 0 Å². The Bertz CT molecular complexity index is 469. The Morgan fingerprint density at radius 3 is 2.72 bits per heavy atom. The molecular weight excluding hydrogens is 244 g/mol. The van der Waals surface area contributed by atoms with Crippen LogP contribution in [-0.2, 0) is 17.6 Å². The molecule has 1 N–H and O–H groups in total. The van der Waals surface area contributed by atoms with Crippen LogP contribution in [0, 0.1) is 11.3 Å². The van der Waals surface area contributed by atoms with Crippen molar-refractivity contribution in [2.45, 2.75) is 25.9 Å². The first-order valence-electron chi connectivity index (χ1n) is 5.18. The number of benzene rings is 1. The molecule has 0 radical (unpaired) electrons. The monoisotopic (exact) mass is 255 g/mol. The Kier molecular flexibility index (Phi) is 5.06. The van der Waals surface area contributed by atoms with Crippen molar-refractivity contribution in [1.82, 2.24) is 0 Å². The van der Waals surface area contributed by atoms with Crippen LogP contribution in [-0.4, -0.2) is 17.7 Å². The molecule has 0 spiro atoms. The van der Waals surface area contributed by atoms with Crippen molar-refractivity contribution in [3.63, 3.8) is 0 Å². The Balaban J connectivity index is 2.92. The van der Waals surface area contributed by atoms with Gasteiger partial charge >= 0.3 is 12.6 Å². The van der Waals surface area contributed by atoms with Crippen molar-refractivity contribution in [1.29, 1.82) is 5.26 Å². The minimum atomic E-state index is -2.93. The van der Waals surface area contributed by atoms with Gasteiger partial charge in [-0.05, 0) is 29.7 Å². The molecule has 96 valence electrons. The first-order valence-corrected chi connectivity index (χ1v) is 5.18. The van der Waals surface area contributed by atoms with E-state index >= 15 is 0 Å². The number of hydrogen-bond donors (Lipinski definition) is 1. The molecule has 0 saturated heterocycles. The highest BCUT2D eigenvalue weighted by Crippen LogP contribution is 2.21. The summed E-state index contributed by atoms with van der Waals surface area (Å²) in [6.07, 6.45) is 0.146. The van der Waals surface area contributed by atoms with E-state index in [2.05, 4.69) is 4.74 Å². The maximum atomic E-state index is 12.0. The molecule has 0 aliphatic rings. The number of nitriles is 1. The summed E-state index contributed by atoms with van der Waals surface area (Å²) in [7, 11) is 0. The van der Waals surface area contributed by atoms with E-state index in [1.807, 2.05) is 6.07 Å². The van der Waals surface area contributed by atoms with Crippen molar-refractivity contribution in [2.75, 3.05) is 0 Å². The number of halogens is 2. The van der Waals surface area contributed by atoms with Crippen molar-refractivity contribution in [3.05, 3.63) is 29.3 Å². The lowest BCUT2D eigenvalue weighted by molar-refractivity contribution is -0.136. The van der Waals surface area contributed by atoms with Crippen LogP contribution in [0.25, 0.3) is 0 Å². The molecule has 1 aromatic rings. The van der Waals surface area contributed by atoms with E-state index in [-0.39, 0.29) is 25.0 Å². The Morgan fingerprint density at radius 2 is 2.17 bits per heavy atom. The van der Waals surface area contributed by atoms with Crippen LogP contribution < -0.4 is 4.74 Å². The van der Waals surface area contributed by atoms with Gasteiger partial charge in [0.1, 0.15) is 5.75 Å². The van der Waals surface area contributed by atoms with Gasteiger partial charge in [-0.3, -0.25) is 4.79 Å². The second-order valence-electron chi connectivity index (χ2n) is 3.54. The maximum absolute atomic E-state index is 12.0. The predicted octanol–water partition coefficient (Wildman–Crippen LogP) is 2.37. The van der Waals surface area contributed by atoms with Crippen molar-refractivity contribution >= 4 is 5.97 Å². The molecule has 0 heterocycles. The largest absolute Gasteiger partial charge is 0.481 e. The molecule has 0 aliphatic carbocycles. The highest BCUT2D eigenvalue weighted by Gasteiger charge is 2.09. The summed E-state index contributed by atoms with van der Waals surface area (Å²) in [4.78, 5) is 10.5. The first kappa shape index (κ1) is 13.9. The lowest BCUT2D eigenvalue weighted by atomic mass is 10.0. The molecular formula is C12H11F2NO3. The van der Waals surface area contributed by atoms with Crippen LogP contribution in [0.1, 0.15) is 17.5 Å². The number of ether oxygens (including phenoxy) is 1. The summed E-state index contributed by atoms with van der Waals surface area (Å²) in [6, 6.07) is 6.12. The Morgan fingerprint density at radius 1 is 1.44 bits per heavy atom. The number of aryl methyl sites for hydroxylation is 1. The van der Waals surface area contributed by atoms with E-state index in [1.54, 1.807) is 0 Å². The molecule has 6 heteroatoms. The number of hydrogen-bond acceptors (Lipinski definition) is 3. The molecule has 0 aliphatic heterocycles. The van der Waals surface area contributed by atoms with Gasteiger partial charge in [-0.25, -0.2) is 0 Å². The van der Waals surface area contributed by atoms with Gasteiger partial charge < -0.3 is 9.84 Å². The van der Waals surface area contributed by atoms with Crippen LogP contribution in [0.15, 0.2) is 18.2 Å². The fourth-order valence-electron chi connectivity index (χ4n) is 1.51. The third kappa shape index (κ3) is 4.37. The van der Waals surface area contributed by atoms with Gasteiger partial charge in [0.25, 0.3) is 0 Å². The predicted molar refractivity (Wildman–Crippen MR) is 58.3 cm³/mol. The molecule has 4 nitrogen and oxygen atoms in total. The summed E-state index contributed by atoms with van der Waals surface area (Å²) in [6.45, 7) is -2.93. The van der Waals surface area contributed by atoms with Crippen molar-refractivity contribution in [2.24, 2.45) is 0 Å². The molecule has 1 aromatic carbocycles. The van der Waals surface area contributed by atoms with Gasteiger partial charge in [-0.15, -0.1) is 0 Å². The molecule has 0 aromatic heterocycles. The summed E-state index contributed by atoms with van der Waals surface area (Å²) < 4.78 is 28.3. The van der Waals surface area contributed by atoms with Crippen LogP contribution in [0.4, 0.5) is 8.78 Å². The quantitative estimate of drug-likeness (QED) is 0.847. The molecule has 1 rings (SSSR count). The third-order valence-electron chi connectivity index (χ3n) is 2.28. The fourth-order valence-corrected chi connectivity index (χ4v) is 1.51. The number of carboxylic acid groups (broad SMARTS) is 1. The van der Waals surface area contributed by atoms with Crippen LogP contribution in [0.5, 0.6) is 5.75 Å². The van der Waals surface area contributed by atoms with Gasteiger partial charge in [0.15, 0.2) is 0 Å². The van der Waals surface area contributed by atoms with Gasteiger partial charge in [-0.2, -0.15) is 14.0 Å². The van der Waals surface area contributed by atoms with E-state index in [0.29, 0.717) is 11.1 Å². The second kappa shape index (κ2) is 6.55. The Hall–Kier alpha value is -2.16. The zero-order valence-corrected chi connectivity index (χ0v) is 9.40. The van der Waals surface area contributed by atoms with Crippen molar-refractivity contribution in [3.8, 4) is 11.8 Å². The van der Waals surface area contributed by atoms with Gasteiger partial charge in [0.2, 0.25) is 0 Å². The summed E-state index contributed by atoms with van der Waals surface area (Å²) in [5.74, 6) is -1.02. The summed E-state index contributed by atoms with van der Waals surface area (Å²) in [5.41, 5.74) is 1.16. The number of alkyl halides is 2. The molecule has 0 amide bonds. The van der Waals surface area contributed by atoms with E-state index in [1.165, 1.54) is 18.2 Å². The van der Waals surface area contributed by atoms with E-state index in [4.69, 9.17) is 10.4 Å². The molecule has 0 atom stereocenters.